The van der Waals surface area contributed by atoms with E-state index in [1.54, 1.807) is 0 Å². The standard InChI is InChI=1S/C19H25NO2/c1-15-8-10-20(11-9-15)13-18(21)14-22-19-7-6-16-4-2-3-5-17(16)12-19/h2-7,12,15,18,21H,8-11,13-14H2,1H3/p+1/t18-/m1/s1. The minimum Gasteiger partial charge on any atom is -0.491 e. The van der Waals surface area contributed by atoms with E-state index in [2.05, 4.69) is 25.1 Å². The molecule has 0 bridgehead atoms. The maximum absolute atomic E-state index is 10.2. The predicted molar refractivity (Wildman–Crippen MR) is 89.4 cm³/mol. The van der Waals surface area contributed by atoms with Gasteiger partial charge in [0.1, 0.15) is 25.0 Å². The highest BCUT2D eigenvalue weighted by molar-refractivity contribution is 5.83. The van der Waals surface area contributed by atoms with Crippen LogP contribution in [0, 0.1) is 5.92 Å². The van der Waals surface area contributed by atoms with Crippen molar-refractivity contribution in [1.29, 1.82) is 0 Å². The molecule has 0 spiro atoms. The molecule has 0 radical (unpaired) electrons. The third kappa shape index (κ3) is 3.99. The number of nitrogens with one attached hydrogen (secondary N) is 1. The second-order valence-electron chi connectivity index (χ2n) is 6.61. The summed E-state index contributed by atoms with van der Waals surface area (Å²) in [6, 6.07) is 14.3. The third-order valence-corrected chi connectivity index (χ3v) is 4.67. The lowest BCUT2D eigenvalue weighted by molar-refractivity contribution is -0.909. The van der Waals surface area contributed by atoms with Crippen molar-refractivity contribution in [2.75, 3.05) is 26.2 Å². The minimum absolute atomic E-state index is 0.372. The number of rotatable bonds is 5. The van der Waals surface area contributed by atoms with Crippen LogP contribution in [0.3, 0.4) is 0 Å². The molecule has 2 aromatic carbocycles. The highest BCUT2D eigenvalue weighted by atomic mass is 16.5. The smallest absolute Gasteiger partial charge is 0.137 e. The van der Waals surface area contributed by atoms with Crippen LogP contribution in [0.4, 0.5) is 0 Å². The van der Waals surface area contributed by atoms with E-state index >= 15 is 0 Å². The zero-order valence-electron chi connectivity index (χ0n) is 13.3. The number of quaternary nitrogens is 1. The SMILES string of the molecule is CC1CC[NH+](C[C@@H](O)COc2ccc3ccccc3c2)CC1. The van der Waals surface area contributed by atoms with Gasteiger partial charge in [0.15, 0.2) is 0 Å². The normalized spacial score (nSPS) is 23.4. The Hall–Kier alpha value is -1.58. The molecule has 1 fully saturated rings. The monoisotopic (exact) mass is 300 g/mol. The quantitative estimate of drug-likeness (QED) is 0.884. The molecule has 22 heavy (non-hydrogen) atoms. The minimum atomic E-state index is -0.394. The number of fused-ring (bicyclic) bond motifs is 1. The number of piperidine rings is 1. The van der Waals surface area contributed by atoms with E-state index in [1.807, 2.05) is 24.3 Å². The summed E-state index contributed by atoms with van der Waals surface area (Å²) in [7, 11) is 0. The van der Waals surface area contributed by atoms with Crippen LogP contribution in [0.2, 0.25) is 0 Å². The summed E-state index contributed by atoms with van der Waals surface area (Å²) >= 11 is 0. The van der Waals surface area contributed by atoms with Crippen molar-refractivity contribution in [2.45, 2.75) is 25.9 Å². The van der Waals surface area contributed by atoms with Crippen LogP contribution in [-0.4, -0.2) is 37.5 Å². The van der Waals surface area contributed by atoms with Gasteiger partial charge in [-0.1, -0.05) is 37.3 Å². The molecule has 1 aliphatic rings. The molecule has 0 amide bonds. The van der Waals surface area contributed by atoms with Gasteiger partial charge in [0, 0.05) is 0 Å². The Morgan fingerprint density at radius 1 is 1.14 bits per heavy atom. The van der Waals surface area contributed by atoms with Gasteiger partial charge in [-0.3, -0.25) is 0 Å². The zero-order chi connectivity index (χ0) is 15.4. The number of aliphatic hydroxyl groups excluding tert-OH is 1. The van der Waals surface area contributed by atoms with Crippen LogP contribution in [-0.2, 0) is 0 Å². The van der Waals surface area contributed by atoms with Gasteiger partial charge in [-0.2, -0.15) is 0 Å². The maximum atomic E-state index is 10.2. The molecule has 0 saturated carbocycles. The second kappa shape index (κ2) is 7.12. The molecular formula is C19H26NO2+. The van der Waals surface area contributed by atoms with Crippen molar-refractivity contribution in [3.05, 3.63) is 42.5 Å². The summed E-state index contributed by atoms with van der Waals surface area (Å²) in [6.45, 7) is 5.83. The Morgan fingerprint density at radius 3 is 2.64 bits per heavy atom. The van der Waals surface area contributed by atoms with Gasteiger partial charge in [0.2, 0.25) is 0 Å². The lowest BCUT2D eigenvalue weighted by Gasteiger charge is -2.28. The predicted octanol–water partition coefficient (Wildman–Crippen LogP) is 1.89. The van der Waals surface area contributed by atoms with E-state index in [0.717, 1.165) is 18.2 Å². The Kier molecular flexibility index (Phi) is 4.96. The van der Waals surface area contributed by atoms with E-state index < -0.39 is 6.10 Å². The average Bonchev–Trinajstić information content (AvgIpc) is 2.55. The van der Waals surface area contributed by atoms with Crippen LogP contribution in [0.25, 0.3) is 10.8 Å². The number of ether oxygens (including phenoxy) is 1. The molecule has 1 aliphatic heterocycles. The average molecular weight is 300 g/mol. The third-order valence-electron chi connectivity index (χ3n) is 4.67. The first-order valence-corrected chi connectivity index (χ1v) is 8.34. The fourth-order valence-corrected chi connectivity index (χ4v) is 3.22. The molecule has 2 N–H and O–H groups in total. The topological polar surface area (TPSA) is 33.9 Å². The van der Waals surface area contributed by atoms with Crippen LogP contribution < -0.4 is 9.64 Å². The molecule has 0 aromatic heterocycles. The fraction of sp³-hybridized carbons (Fsp3) is 0.474. The van der Waals surface area contributed by atoms with Crippen LogP contribution >= 0.6 is 0 Å². The number of hydrogen-bond acceptors (Lipinski definition) is 2. The van der Waals surface area contributed by atoms with Crippen molar-refractivity contribution in [3.63, 3.8) is 0 Å². The van der Waals surface area contributed by atoms with Crippen LogP contribution in [0.5, 0.6) is 5.75 Å². The van der Waals surface area contributed by atoms with Crippen molar-refractivity contribution in [3.8, 4) is 5.75 Å². The van der Waals surface area contributed by atoms with Gasteiger partial charge in [0.25, 0.3) is 0 Å². The molecule has 3 heteroatoms. The largest absolute Gasteiger partial charge is 0.491 e. The van der Waals surface area contributed by atoms with Crippen molar-refractivity contribution in [2.24, 2.45) is 5.92 Å². The van der Waals surface area contributed by atoms with Gasteiger partial charge in [-0.25, -0.2) is 0 Å². The maximum Gasteiger partial charge on any atom is 0.137 e. The summed E-state index contributed by atoms with van der Waals surface area (Å²) in [5.41, 5.74) is 0. The molecule has 0 unspecified atom stereocenters. The number of aliphatic hydroxyl groups is 1. The first-order valence-electron chi connectivity index (χ1n) is 8.34. The van der Waals surface area contributed by atoms with Gasteiger partial charge in [-0.15, -0.1) is 0 Å². The first kappa shape index (κ1) is 15.3. The summed E-state index contributed by atoms with van der Waals surface area (Å²) < 4.78 is 5.78. The van der Waals surface area contributed by atoms with E-state index in [9.17, 15) is 5.11 Å². The molecule has 3 nitrogen and oxygen atoms in total. The van der Waals surface area contributed by atoms with E-state index in [0.29, 0.717) is 6.61 Å². The molecule has 3 rings (SSSR count). The van der Waals surface area contributed by atoms with Gasteiger partial charge in [0.05, 0.1) is 13.1 Å². The molecule has 1 saturated heterocycles. The van der Waals surface area contributed by atoms with Gasteiger partial charge >= 0.3 is 0 Å². The zero-order valence-corrected chi connectivity index (χ0v) is 13.3. The summed E-state index contributed by atoms with van der Waals surface area (Å²) in [5.74, 6) is 1.68. The summed E-state index contributed by atoms with van der Waals surface area (Å²) in [5, 5.41) is 12.6. The lowest BCUT2D eigenvalue weighted by atomic mass is 9.99. The Morgan fingerprint density at radius 2 is 1.86 bits per heavy atom. The summed E-state index contributed by atoms with van der Waals surface area (Å²) in [6.07, 6.45) is 2.15. The van der Waals surface area contributed by atoms with Crippen LogP contribution in [0.15, 0.2) is 42.5 Å². The van der Waals surface area contributed by atoms with Crippen molar-refractivity contribution in [1.82, 2.24) is 0 Å². The van der Waals surface area contributed by atoms with E-state index in [4.69, 9.17) is 4.74 Å². The van der Waals surface area contributed by atoms with E-state index in [1.165, 1.54) is 41.6 Å². The number of benzene rings is 2. The molecule has 2 aromatic rings. The molecule has 0 aliphatic carbocycles. The highest BCUT2D eigenvalue weighted by Crippen LogP contribution is 2.20. The fourth-order valence-electron chi connectivity index (χ4n) is 3.22. The van der Waals surface area contributed by atoms with Gasteiger partial charge in [-0.05, 0) is 41.7 Å². The molecule has 1 heterocycles. The lowest BCUT2D eigenvalue weighted by Crippen LogP contribution is -3.14. The summed E-state index contributed by atoms with van der Waals surface area (Å²) in [4.78, 5) is 1.51. The van der Waals surface area contributed by atoms with E-state index in [-0.39, 0.29) is 0 Å². The van der Waals surface area contributed by atoms with Gasteiger partial charge < -0.3 is 14.7 Å². The van der Waals surface area contributed by atoms with Crippen molar-refractivity contribution >= 4 is 10.8 Å². The Balaban J connectivity index is 1.50. The molecular weight excluding hydrogens is 274 g/mol. The number of likely N-dealkylation sites (tertiary alicyclic amines) is 1. The molecule has 1 atom stereocenters. The Bertz CT molecular complexity index is 605. The van der Waals surface area contributed by atoms with Crippen molar-refractivity contribution < 1.29 is 14.7 Å². The van der Waals surface area contributed by atoms with Crippen LogP contribution in [0.1, 0.15) is 19.8 Å². The second-order valence-corrected chi connectivity index (χ2v) is 6.61. The highest BCUT2D eigenvalue weighted by Gasteiger charge is 2.21. The molecule has 118 valence electrons. The number of hydrogen-bond donors (Lipinski definition) is 2. The first-order chi connectivity index (χ1) is 10.7. The Labute approximate surface area is 132 Å².